The summed E-state index contributed by atoms with van der Waals surface area (Å²) >= 11 is 0. The molecule has 0 spiro atoms. The maximum absolute atomic E-state index is 11.8. The van der Waals surface area contributed by atoms with Crippen LogP contribution in [0.4, 0.5) is 0 Å². The van der Waals surface area contributed by atoms with Crippen LogP contribution in [0.1, 0.15) is 71.6 Å². The predicted molar refractivity (Wildman–Crippen MR) is 82.8 cm³/mol. The zero-order valence-electron chi connectivity index (χ0n) is 13.5. The van der Waals surface area contributed by atoms with Gasteiger partial charge in [-0.2, -0.15) is 0 Å². The molecule has 3 fully saturated rings. The van der Waals surface area contributed by atoms with Gasteiger partial charge in [0.15, 0.2) is 5.78 Å². The number of hydrogen-bond acceptors (Lipinski definition) is 2. The van der Waals surface area contributed by atoms with Crippen LogP contribution >= 0.6 is 0 Å². The normalized spacial score (nSPS) is 52.7. The molecule has 5 atom stereocenters. The molecule has 0 radical (unpaired) electrons. The largest absolute Gasteiger partial charge is 0.389 e. The molecule has 0 heterocycles. The van der Waals surface area contributed by atoms with E-state index >= 15 is 0 Å². The Kier molecular flexibility index (Phi) is 2.81. The van der Waals surface area contributed by atoms with Crippen LogP contribution in [0, 0.1) is 22.7 Å². The third-order valence-corrected chi connectivity index (χ3v) is 7.82. The van der Waals surface area contributed by atoms with Crippen molar-refractivity contribution in [1.29, 1.82) is 0 Å². The third kappa shape index (κ3) is 1.72. The minimum atomic E-state index is -0.476. The minimum Gasteiger partial charge on any atom is -0.389 e. The van der Waals surface area contributed by atoms with E-state index in [1.165, 1.54) is 31.3 Å². The van der Waals surface area contributed by atoms with Crippen LogP contribution in [-0.4, -0.2) is 16.5 Å². The average molecular weight is 288 g/mol. The number of ketones is 1. The van der Waals surface area contributed by atoms with Crippen molar-refractivity contribution in [3.05, 3.63) is 11.6 Å². The van der Waals surface area contributed by atoms with Gasteiger partial charge in [0.1, 0.15) is 0 Å². The third-order valence-electron chi connectivity index (χ3n) is 7.82. The summed E-state index contributed by atoms with van der Waals surface area (Å²) < 4.78 is 0. The monoisotopic (exact) mass is 288 g/mol. The maximum atomic E-state index is 11.8. The van der Waals surface area contributed by atoms with E-state index in [0.717, 1.165) is 25.7 Å². The van der Waals surface area contributed by atoms with Gasteiger partial charge in [0.25, 0.3) is 0 Å². The summed E-state index contributed by atoms with van der Waals surface area (Å²) in [4.78, 5) is 11.8. The molecule has 4 aliphatic rings. The lowest BCUT2D eigenvalue weighted by Crippen LogP contribution is -2.61. The molecular weight excluding hydrogens is 260 g/mol. The number of hydrogen-bond donors (Lipinski definition) is 1. The van der Waals surface area contributed by atoms with E-state index in [0.29, 0.717) is 29.5 Å². The van der Waals surface area contributed by atoms with Gasteiger partial charge in [-0.1, -0.05) is 25.8 Å². The lowest BCUT2D eigenvalue weighted by atomic mass is 9.45. The van der Waals surface area contributed by atoms with Crippen molar-refractivity contribution >= 4 is 5.78 Å². The Hall–Kier alpha value is -0.630. The number of rotatable bonds is 0. The summed E-state index contributed by atoms with van der Waals surface area (Å²) in [6.07, 6.45) is 11.6. The second-order valence-electron chi connectivity index (χ2n) is 8.73. The van der Waals surface area contributed by atoms with Crippen molar-refractivity contribution in [2.24, 2.45) is 22.7 Å². The van der Waals surface area contributed by atoms with Gasteiger partial charge in [-0.15, -0.1) is 0 Å². The highest BCUT2D eigenvalue weighted by Crippen LogP contribution is 2.66. The second-order valence-corrected chi connectivity index (χ2v) is 8.73. The zero-order chi connectivity index (χ0) is 14.9. The lowest BCUT2D eigenvalue weighted by Gasteiger charge is -2.61. The Labute approximate surface area is 128 Å². The maximum Gasteiger partial charge on any atom is 0.155 e. The molecule has 0 amide bonds. The first-order valence-electron chi connectivity index (χ1n) is 8.85. The van der Waals surface area contributed by atoms with Crippen LogP contribution in [0.15, 0.2) is 11.6 Å². The minimum absolute atomic E-state index is 0.0742. The molecule has 116 valence electrons. The lowest BCUT2D eigenvalue weighted by molar-refractivity contribution is -0.182. The Morgan fingerprint density at radius 2 is 1.86 bits per heavy atom. The van der Waals surface area contributed by atoms with Gasteiger partial charge in [0.05, 0.1) is 5.60 Å². The van der Waals surface area contributed by atoms with Gasteiger partial charge in [0.2, 0.25) is 0 Å². The van der Waals surface area contributed by atoms with Crippen LogP contribution in [-0.2, 0) is 4.79 Å². The summed E-state index contributed by atoms with van der Waals surface area (Å²) in [6.45, 7) is 4.74. The van der Waals surface area contributed by atoms with Crippen molar-refractivity contribution in [3.63, 3.8) is 0 Å². The van der Waals surface area contributed by atoms with Crippen molar-refractivity contribution in [1.82, 2.24) is 0 Å². The smallest absolute Gasteiger partial charge is 0.155 e. The summed E-state index contributed by atoms with van der Waals surface area (Å²) in [6, 6.07) is 0. The van der Waals surface area contributed by atoms with Crippen molar-refractivity contribution in [2.45, 2.75) is 77.2 Å². The van der Waals surface area contributed by atoms with Crippen molar-refractivity contribution in [2.75, 3.05) is 0 Å². The number of carbonyl (C=O) groups is 1. The second kappa shape index (κ2) is 4.22. The molecule has 4 rings (SSSR count). The van der Waals surface area contributed by atoms with Gasteiger partial charge in [-0.05, 0) is 73.7 Å². The number of fused-ring (bicyclic) bond motifs is 5. The molecule has 0 aliphatic heterocycles. The van der Waals surface area contributed by atoms with Crippen LogP contribution in [0.3, 0.4) is 0 Å². The fraction of sp³-hybridized carbons (Fsp3) is 0.842. The van der Waals surface area contributed by atoms with E-state index in [4.69, 9.17) is 0 Å². The van der Waals surface area contributed by atoms with E-state index < -0.39 is 5.60 Å². The first-order chi connectivity index (χ1) is 9.88. The van der Waals surface area contributed by atoms with Crippen molar-refractivity contribution < 1.29 is 9.90 Å². The number of aliphatic hydroxyl groups is 1. The van der Waals surface area contributed by atoms with Gasteiger partial charge >= 0.3 is 0 Å². The molecule has 21 heavy (non-hydrogen) atoms. The molecule has 0 aromatic rings. The van der Waals surface area contributed by atoms with Crippen molar-refractivity contribution in [3.8, 4) is 0 Å². The highest BCUT2D eigenvalue weighted by atomic mass is 16.3. The number of carbonyl (C=O) groups excluding carboxylic acids is 1. The van der Waals surface area contributed by atoms with Crippen LogP contribution in [0.25, 0.3) is 0 Å². The molecule has 0 aromatic carbocycles. The first kappa shape index (κ1) is 14.0. The molecular formula is C19H28O2. The Bertz CT molecular complexity index is 522. The van der Waals surface area contributed by atoms with E-state index in [2.05, 4.69) is 13.8 Å². The summed E-state index contributed by atoms with van der Waals surface area (Å²) in [5.41, 5.74) is 1.31. The first-order valence-corrected chi connectivity index (χ1v) is 8.85. The van der Waals surface area contributed by atoms with Gasteiger partial charge in [-0.25, -0.2) is 0 Å². The van der Waals surface area contributed by atoms with E-state index in [9.17, 15) is 9.90 Å². The highest BCUT2D eigenvalue weighted by molar-refractivity contribution is 5.91. The number of allylic oxidation sites excluding steroid dienone is 1. The molecule has 0 bridgehead atoms. The quantitative estimate of drug-likeness (QED) is 0.731. The van der Waals surface area contributed by atoms with Gasteiger partial charge in [-0.3, -0.25) is 4.79 Å². The topological polar surface area (TPSA) is 37.3 Å². The van der Waals surface area contributed by atoms with E-state index in [1.54, 1.807) is 0 Å². The molecule has 4 aliphatic carbocycles. The molecule has 2 heteroatoms. The molecule has 2 nitrogen and oxygen atoms in total. The molecule has 0 aromatic heterocycles. The van der Waals surface area contributed by atoms with Crippen LogP contribution in [0.2, 0.25) is 0 Å². The average Bonchev–Trinajstić information content (AvgIpc) is 2.83. The summed E-state index contributed by atoms with van der Waals surface area (Å²) in [5.74, 6) is 1.16. The Balaban J connectivity index is 1.76. The summed E-state index contributed by atoms with van der Waals surface area (Å²) in [7, 11) is 0. The Morgan fingerprint density at radius 1 is 1.05 bits per heavy atom. The molecule has 0 unspecified atom stereocenters. The van der Waals surface area contributed by atoms with Gasteiger partial charge < -0.3 is 5.11 Å². The predicted octanol–water partition coefficient (Wildman–Crippen LogP) is 4.02. The summed E-state index contributed by atoms with van der Waals surface area (Å²) in [5, 5.41) is 11.7. The van der Waals surface area contributed by atoms with E-state index in [-0.39, 0.29) is 5.41 Å². The standard InChI is InChI=1S/C19H28O2/c1-17-8-3-4-15(17)19(21)11-5-13-12-14(20)6-10-18(13,2)16(19)7-9-17/h12,15-16,21H,3-11H2,1-2H3/t15-,16-,17+,18+,19-/m1/s1. The van der Waals surface area contributed by atoms with Crippen LogP contribution < -0.4 is 0 Å². The molecule has 3 saturated carbocycles. The molecule has 1 N–H and O–H groups in total. The van der Waals surface area contributed by atoms with Gasteiger partial charge in [0, 0.05) is 6.42 Å². The van der Waals surface area contributed by atoms with Crippen LogP contribution in [0.5, 0.6) is 0 Å². The molecule has 0 saturated heterocycles. The SMILES string of the molecule is C[C@@]12CCC[C@H]1[C@]1(O)CCC3=CC(=O)CC[C@]3(C)[C@H]1CC2. The van der Waals surface area contributed by atoms with E-state index in [1.807, 2.05) is 6.08 Å². The zero-order valence-corrected chi connectivity index (χ0v) is 13.5. The Morgan fingerprint density at radius 3 is 2.67 bits per heavy atom. The fourth-order valence-electron chi connectivity index (χ4n) is 6.64. The highest BCUT2D eigenvalue weighted by Gasteiger charge is 2.63. The fourth-order valence-corrected chi connectivity index (χ4v) is 6.64.